The predicted molar refractivity (Wildman–Crippen MR) is 127 cm³/mol. The van der Waals surface area contributed by atoms with Crippen LogP contribution in [0, 0.1) is 0 Å². The molecule has 0 aliphatic heterocycles. The van der Waals surface area contributed by atoms with Crippen molar-refractivity contribution in [3.8, 4) is 0 Å². The van der Waals surface area contributed by atoms with Crippen molar-refractivity contribution >= 4 is 27.6 Å². The van der Waals surface area contributed by atoms with Gasteiger partial charge in [0.1, 0.15) is 29.6 Å². The van der Waals surface area contributed by atoms with Gasteiger partial charge in [0, 0.05) is 37.9 Å². The van der Waals surface area contributed by atoms with Crippen LogP contribution in [0.3, 0.4) is 0 Å². The predicted octanol–water partition coefficient (Wildman–Crippen LogP) is 0.385. The van der Waals surface area contributed by atoms with E-state index in [4.69, 9.17) is 4.18 Å². The van der Waals surface area contributed by atoms with Crippen molar-refractivity contribution in [2.45, 2.75) is 37.6 Å². The third-order valence-electron chi connectivity index (χ3n) is 5.88. The lowest BCUT2D eigenvalue weighted by Crippen LogP contribution is -2.31. The summed E-state index contributed by atoms with van der Waals surface area (Å²) in [5.41, 5.74) is 2.04. The number of pyridine rings is 1. The molecule has 0 radical (unpaired) electrons. The van der Waals surface area contributed by atoms with Crippen LogP contribution in [0.5, 0.6) is 0 Å². The molecule has 0 saturated heterocycles. The normalized spacial score (nSPS) is 20.1. The van der Waals surface area contributed by atoms with Crippen LogP contribution in [0.2, 0.25) is 0 Å². The molecule has 188 valence electrons. The van der Waals surface area contributed by atoms with Gasteiger partial charge in [0.05, 0.1) is 23.9 Å². The SMILES string of the molecule is CNS(=O)(=O)O[C@@H]1C[C@H](Nc2ncncc2C(=O)c2ccn(Cc3cn4ccccc4n3)n2)C[C@@H]1O. The summed E-state index contributed by atoms with van der Waals surface area (Å²) in [5, 5.41) is 17.8. The topological polar surface area (TPSA) is 166 Å². The van der Waals surface area contributed by atoms with Gasteiger partial charge in [-0.3, -0.25) is 13.7 Å². The second-order valence-corrected chi connectivity index (χ2v) is 9.89. The second-order valence-electron chi connectivity index (χ2n) is 8.38. The van der Waals surface area contributed by atoms with Crippen molar-refractivity contribution in [1.29, 1.82) is 0 Å². The third kappa shape index (κ3) is 5.11. The van der Waals surface area contributed by atoms with Crippen molar-refractivity contribution in [3.63, 3.8) is 0 Å². The van der Waals surface area contributed by atoms with Gasteiger partial charge < -0.3 is 14.8 Å². The van der Waals surface area contributed by atoms with E-state index in [0.29, 0.717) is 6.54 Å². The molecule has 0 bridgehead atoms. The fourth-order valence-corrected chi connectivity index (χ4v) is 4.78. The first-order valence-corrected chi connectivity index (χ1v) is 12.6. The van der Waals surface area contributed by atoms with Gasteiger partial charge in [-0.1, -0.05) is 6.07 Å². The van der Waals surface area contributed by atoms with E-state index in [9.17, 15) is 18.3 Å². The Morgan fingerprint density at radius 3 is 2.92 bits per heavy atom. The van der Waals surface area contributed by atoms with E-state index in [1.807, 2.05) is 35.0 Å². The molecule has 36 heavy (non-hydrogen) atoms. The molecular formula is C22H24N8O5S. The molecule has 1 aliphatic rings. The van der Waals surface area contributed by atoms with Gasteiger partial charge in [0.15, 0.2) is 0 Å². The molecule has 13 nitrogen and oxygen atoms in total. The summed E-state index contributed by atoms with van der Waals surface area (Å²) in [5.74, 6) is -0.116. The molecule has 0 aromatic carbocycles. The van der Waals surface area contributed by atoms with E-state index >= 15 is 0 Å². The van der Waals surface area contributed by atoms with Gasteiger partial charge >= 0.3 is 10.3 Å². The monoisotopic (exact) mass is 512 g/mol. The minimum Gasteiger partial charge on any atom is -0.390 e. The highest BCUT2D eigenvalue weighted by molar-refractivity contribution is 7.84. The number of hydrogen-bond acceptors (Lipinski definition) is 10. The van der Waals surface area contributed by atoms with Crippen LogP contribution in [0.15, 0.2) is 55.4 Å². The Balaban J connectivity index is 1.29. The number of ketones is 1. The Labute approximate surface area is 206 Å². The zero-order chi connectivity index (χ0) is 25.3. The molecule has 0 spiro atoms. The molecule has 4 aromatic rings. The van der Waals surface area contributed by atoms with E-state index in [0.717, 1.165) is 11.3 Å². The summed E-state index contributed by atoms with van der Waals surface area (Å²) >= 11 is 0. The zero-order valence-corrected chi connectivity index (χ0v) is 20.0. The highest BCUT2D eigenvalue weighted by atomic mass is 32.2. The van der Waals surface area contributed by atoms with Crippen LogP contribution in [0.1, 0.15) is 34.6 Å². The fraction of sp³-hybridized carbons (Fsp3) is 0.318. The van der Waals surface area contributed by atoms with Gasteiger partial charge in [0.2, 0.25) is 5.78 Å². The lowest BCUT2D eigenvalue weighted by molar-refractivity contribution is 0.0636. The van der Waals surface area contributed by atoms with Crippen LogP contribution in [0.4, 0.5) is 5.82 Å². The number of carbonyl (C=O) groups is 1. The molecule has 5 rings (SSSR count). The number of nitrogens with zero attached hydrogens (tertiary/aromatic N) is 6. The first kappa shape index (κ1) is 24.0. The molecule has 0 amide bonds. The number of rotatable bonds is 9. The number of aromatic nitrogens is 6. The molecule has 4 aromatic heterocycles. The maximum absolute atomic E-state index is 13.2. The number of aliphatic hydroxyl groups is 1. The molecule has 3 atom stereocenters. The molecule has 3 N–H and O–H groups in total. The first-order valence-electron chi connectivity index (χ1n) is 11.2. The molecule has 4 heterocycles. The van der Waals surface area contributed by atoms with Crippen molar-refractivity contribution in [1.82, 2.24) is 33.9 Å². The van der Waals surface area contributed by atoms with E-state index in [2.05, 4.69) is 30.1 Å². The molecule has 1 saturated carbocycles. The molecule has 1 aliphatic carbocycles. The minimum absolute atomic E-state index is 0.202. The lowest BCUT2D eigenvalue weighted by Gasteiger charge is -2.15. The van der Waals surface area contributed by atoms with E-state index in [1.165, 1.54) is 19.6 Å². The van der Waals surface area contributed by atoms with Gasteiger partial charge in [0.25, 0.3) is 0 Å². The quantitative estimate of drug-likeness (QED) is 0.267. The average molecular weight is 513 g/mol. The minimum atomic E-state index is -3.95. The van der Waals surface area contributed by atoms with Gasteiger partial charge in [-0.2, -0.15) is 18.2 Å². The van der Waals surface area contributed by atoms with Crippen LogP contribution in [-0.4, -0.2) is 73.7 Å². The smallest absolute Gasteiger partial charge is 0.335 e. The first-order chi connectivity index (χ1) is 17.3. The maximum atomic E-state index is 13.2. The number of aliphatic hydroxyl groups excluding tert-OH is 1. The summed E-state index contributed by atoms with van der Waals surface area (Å²) < 4.78 is 34.0. The Bertz CT molecular complexity index is 1470. The highest BCUT2D eigenvalue weighted by Gasteiger charge is 2.37. The number of nitrogens with one attached hydrogen (secondary N) is 2. The molecule has 1 fully saturated rings. The van der Waals surface area contributed by atoms with Crippen LogP contribution < -0.4 is 10.0 Å². The average Bonchev–Trinajstić information content (AvgIpc) is 3.58. The standard InChI is InChI=1S/C22H24N8O5S/c1-23-36(33,34)35-19-9-14(8-18(19)31)27-22-16(10-24-13-25-22)21(32)17-5-7-30(28-17)12-15-11-29-6-3-2-4-20(29)26-15/h2-7,10-11,13-14,18-19,23,31H,8-9,12H2,1H3,(H,24,25,27)/t14-,18+,19-/m1/s1. The Morgan fingerprint density at radius 2 is 2.11 bits per heavy atom. The highest BCUT2D eigenvalue weighted by Crippen LogP contribution is 2.27. The zero-order valence-electron chi connectivity index (χ0n) is 19.2. The van der Waals surface area contributed by atoms with Crippen LogP contribution in [0.25, 0.3) is 5.65 Å². The van der Waals surface area contributed by atoms with E-state index < -0.39 is 22.5 Å². The number of imidazole rings is 1. The van der Waals surface area contributed by atoms with Gasteiger partial charge in [-0.25, -0.2) is 15.0 Å². The Morgan fingerprint density at radius 1 is 1.25 bits per heavy atom. The summed E-state index contributed by atoms with van der Waals surface area (Å²) in [7, 11) is -2.73. The summed E-state index contributed by atoms with van der Waals surface area (Å²) in [6, 6.07) is 6.98. The summed E-state index contributed by atoms with van der Waals surface area (Å²) in [6.45, 7) is 0.391. The van der Waals surface area contributed by atoms with Crippen molar-refractivity contribution in [2.24, 2.45) is 0 Å². The fourth-order valence-electron chi connectivity index (χ4n) is 4.15. The summed E-state index contributed by atoms with van der Waals surface area (Å²) in [6.07, 6.45) is 6.70. The number of fused-ring (bicyclic) bond motifs is 1. The van der Waals surface area contributed by atoms with Crippen LogP contribution >= 0.6 is 0 Å². The Kier molecular flexibility index (Phi) is 6.49. The van der Waals surface area contributed by atoms with E-state index in [1.54, 1.807) is 16.9 Å². The van der Waals surface area contributed by atoms with Crippen molar-refractivity contribution < 1.29 is 22.5 Å². The largest absolute Gasteiger partial charge is 0.390 e. The number of carbonyl (C=O) groups excluding carboxylic acids is 1. The van der Waals surface area contributed by atoms with Gasteiger partial charge in [-0.15, -0.1) is 0 Å². The Hall–Kier alpha value is -3.72. The molecular weight excluding hydrogens is 488 g/mol. The van der Waals surface area contributed by atoms with Crippen molar-refractivity contribution in [2.75, 3.05) is 12.4 Å². The summed E-state index contributed by atoms with van der Waals surface area (Å²) in [4.78, 5) is 25.9. The third-order valence-corrected chi connectivity index (χ3v) is 6.88. The number of hydrogen-bond donors (Lipinski definition) is 3. The lowest BCUT2D eigenvalue weighted by atomic mass is 10.1. The molecule has 0 unspecified atom stereocenters. The second kappa shape index (κ2) is 9.73. The maximum Gasteiger partial charge on any atom is 0.335 e. The number of anilines is 1. The molecule has 14 heteroatoms. The van der Waals surface area contributed by atoms with Crippen LogP contribution in [-0.2, 0) is 21.0 Å². The van der Waals surface area contributed by atoms with E-state index in [-0.39, 0.29) is 41.7 Å². The van der Waals surface area contributed by atoms with Gasteiger partial charge in [-0.05, 0) is 31.0 Å². The van der Waals surface area contributed by atoms with Crippen molar-refractivity contribution in [3.05, 3.63) is 72.3 Å².